The van der Waals surface area contributed by atoms with Crippen LogP contribution >= 0.6 is 0 Å². The summed E-state index contributed by atoms with van der Waals surface area (Å²) in [7, 11) is 0. The molecule has 0 aliphatic rings. The van der Waals surface area contributed by atoms with Crippen molar-refractivity contribution in [1.29, 1.82) is 0 Å². The fourth-order valence-electron chi connectivity index (χ4n) is 8.13. The summed E-state index contributed by atoms with van der Waals surface area (Å²) < 4.78 is 16.8. The second-order valence-corrected chi connectivity index (χ2v) is 19.2. The van der Waals surface area contributed by atoms with Crippen molar-refractivity contribution in [2.75, 3.05) is 13.2 Å². The molecule has 0 bridgehead atoms. The highest BCUT2D eigenvalue weighted by molar-refractivity contribution is 5.71. The zero-order valence-electron chi connectivity index (χ0n) is 41.1. The normalized spacial score (nSPS) is 12.5. The zero-order chi connectivity index (χ0) is 44.0. The van der Waals surface area contributed by atoms with E-state index in [0.717, 1.165) is 69.6 Å². The lowest BCUT2D eigenvalue weighted by molar-refractivity contribution is -0.167. The maximum Gasteiger partial charge on any atom is 0.306 e. The van der Waals surface area contributed by atoms with Gasteiger partial charge < -0.3 is 14.2 Å². The van der Waals surface area contributed by atoms with Crippen molar-refractivity contribution in [2.24, 2.45) is 11.8 Å². The van der Waals surface area contributed by atoms with E-state index in [0.29, 0.717) is 19.3 Å². The minimum atomic E-state index is -0.762. The van der Waals surface area contributed by atoms with Crippen molar-refractivity contribution < 1.29 is 28.6 Å². The number of rotatable bonds is 48. The van der Waals surface area contributed by atoms with Gasteiger partial charge in [-0.2, -0.15) is 0 Å². The van der Waals surface area contributed by atoms with Gasteiger partial charge in [-0.25, -0.2) is 0 Å². The fraction of sp³-hybridized carbons (Fsp3) is 0.944. The van der Waals surface area contributed by atoms with E-state index in [9.17, 15) is 14.4 Å². The molecule has 0 aliphatic heterocycles. The Morgan fingerprint density at radius 3 is 0.950 bits per heavy atom. The van der Waals surface area contributed by atoms with Gasteiger partial charge in [-0.1, -0.05) is 259 Å². The van der Waals surface area contributed by atoms with Gasteiger partial charge in [0.2, 0.25) is 0 Å². The Labute approximate surface area is 374 Å². The molecule has 60 heavy (non-hydrogen) atoms. The van der Waals surface area contributed by atoms with Crippen molar-refractivity contribution in [3.8, 4) is 0 Å². The van der Waals surface area contributed by atoms with Gasteiger partial charge in [0, 0.05) is 19.3 Å². The van der Waals surface area contributed by atoms with Gasteiger partial charge in [0.1, 0.15) is 13.2 Å². The summed E-state index contributed by atoms with van der Waals surface area (Å²) in [6.45, 7) is 11.4. The maximum absolute atomic E-state index is 12.8. The molecule has 6 heteroatoms. The van der Waals surface area contributed by atoms with Crippen molar-refractivity contribution in [3.05, 3.63) is 0 Å². The molecule has 0 heterocycles. The highest BCUT2D eigenvalue weighted by atomic mass is 16.6. The Hall–Kier alpha value is -1.59. The third kappa shape index (κ3) is 45.9. The number of carbonyl (C=O) groups is 3. The second-order valence-electron chi connectivity index (χ2n) is 19.2. The highest BCUT2D eigenvalue weighted by Gasteiger charge is 2.19. The molecule has 0 N–H and O–H groups in total. The summed E-state index contributed by atoms with van der Waals surface area (Å²) in [5.41, 5.74) is 0. The number of hydrogen-bond donors (Lipinski definition) is 0. The van der Waals surface area contributed by atoms with Crippen LogP contribution in [0.2, 0.25) is 0 Å². The topological polar surface area (TPSA) is 78.9 Å². The van der Waals surface area contributed by atoms with Gasteiger partial charge in [0.15, 0.2) is 6.10 Å². The predicted octanol–water partition coefficient (Wildman–Crippen LogP) is 17.3. The third-order valence-electron chi connectivity index (χ3n) is 12.6. The third-order valence-corrected chi connectivity index (χ3v) is 12.6. The van der Waals surface area contributed by atoms with E-state index in [-0.39, 0.29) is 31.1 Å². The number of hydrogen-bond acceptors (Lipinski definition) is 6. The first-order chi connectivity index (χ1) is 29.3. The van der Waals surface area contributed by atoms with Crippen molar-refractivity contribution in [3.63, 3.8) is 0 Å². The van der Waals surface area contributed by atoms with Crippen LogP contribution in [-0.4, -0.2) is 37.2 Å². The van der Waals surface area contributed by atoms with Gasteiger partial charge in [-0.3, -0.25) is 14.4 Å². The van der Waals surface area contributed by atoms with Crippen LogP contribution in [0.5, 0.6) is 0 Å². The molecule has 1 unspecified atom stereocenters. The molecule has 0 saturated heterocycles. The lowest BCUT2D eigenvalue weighted by atomic mass is 10.00. The van der Waals surface area contributed by atoms with Crippen molar-refractivity contribution in [1.82, 2.24) is 0 Å². The molecule has 0 rings (SSSR count). The Balaban J connectivity index is 4.26. The minimum Gasteiger partial charge on any atom is -0.462 e. The quantitative estimate of drug-likeness (QED) is 0.0345. The van der Waals surface area contributed by atoms with Gasteiger partial charge in [0.25, 0.3) is 0 Å². The smallest absolute Gasteiger partial charge is 0.306 e. The molecule has 0 saturated carbocycles. The van der Waals surface area contributed by atoms with Gasteiger partial charge >= 0.3 is 17.9 Å². The number of carbonyl (C=O) groups excluding carboxylic acids is 3. The average Bonchev–Trinajstić information content (AvgIpc) is 3.23. The van der Waals surface area contributed by atoms with Crippen LogP contribution in [-0.2, 0) is 28.6 Å². The highest BCUT2D eigenvalue weighted by Crippen LogP contribution is 2.18. The maximum atomic E-state index is 12.8. The standard InChI is InChI=1S/C54H104O6/c1-6-8-9-10-11-12-13-14-15-16-19-22-25-28-34-39-44-52(55)58-47-51(60-54(57)46-41-36-31-30-33-38-43-50(5)7-2)48-59-53(56)45-40-35-29-26-23-20-17-18-21-24-27-32-37-42-49(3)4/h49-51H,6-48H2,1-5H3/t50?,51-/m1/s1. The second kappa shape index (κ2) is 46.9. The van der Waals surface area contributed by atoms with Crippen LogP contribution in [0, 0.1) is 11.8 Å². The minimum absolute atomic E-state index is 0.0643. The Bertz CT molecular complexity index is 918. The summed E-state index contributed by atoms with van der Waals surface area (Å²) in [6.07, 6.45) is 48.1. The average molecular weight is 849 g/mol. The zero-order valence-corrected chi connectivity index (χ0v) is 41.1. The molecule has 0 aromatic rings. The summed E-state index contributed by atoms with van der Waals surface area (Å²) >= 11 is 0. The van der Waals surface area contributed by atoms with Gasteiger partial charge in [0.05, 0.1) is 0 Å². The molecule has 0 radical (unpaired) electrons. The van der Waals surface area contributed by atoms with E-state index >= 15 is 0 Å². The first-order valence-electron chi connectivity index (χ1n) is 26.8. The van der Waals surface area contributed by atoms with Crippen LogP contribution in [0.15, 0.2) is 0 Å². The molecular weight excluding hydrogens is 745 g/mol. The monoisotopic (exact) mass is 849 g/mol. The molecule has 0 spiro atoms. The lowest BCUT2D eigenvalue weighted by Gasteiger charge is -2.18. The number of esters is 3. The first-order valence-corrected chi connectivity index (χ1v) is 26.8. The SMILES string of the molecule is CCCCCCCCCCCCCCCCCCC(=O)OC[C@H](COC(=O)CCCCCCCCCCCCCCCC(C)C)OC(=O)CCCCCCCCC(C)CC. The molecule has 0 amide bonds. The van der Waals surface area contributed by atoms with E-state index in [1.165, 1.54) is 186 Å². The predicted molar refractivity (Wildman–Crippen MR) is 256 cm³/mol. The van der Waals surface area contributed by atoms with Crippen LogP contribution in [0.25, 0.3) is 0 Å². The summed E-state index contributed by atoms with van der Waals surface area (Å²) in [5.74, 6) is 0.800. The fourth-order valence-corrected chi connectivity index (χ4v) is 8.13. The molecule has 0 aromatic heterocycles. The molecule has 0 aromatic carbocycles. The lowest BCUT2D eigenvalue weighted by Crippen LogP contribution is -2.30. The van der Waals surface area contributed by atoms with E-state index in [1.54, 1.807) is 0 Å². The van der Waals surface area contributed by atoms with E-state index < -0.39 is 6.10 Å². The Morgan fingerprint density at radius 1 is 0.350 bits per heavy atom. The largest absolute Gasteiger partial charge is 0.462 e. The van der Waals surface area contributed by atoms with E-state index in [2.05, 4.69) is 34.6 Å². The van der Waals surface area contributed by atoms with E-state index in [1.807, 2.05) is 0 Å². The van der Waals surface area contributed by atoms with E-state index in [4.69, 9.17) is 14.2 Å². The van der Waals surface area contributed by atoms with Gasteiger partial charge in [-0.15, -0.1) is 0 Å². The van der Waals surface area contributed by atoms with Crippen molar-refractivity contribution >= 4 is 17.9 Å². The van der Waals surface area contributed by atoms with Crippen LogP contribution in [0.4, 0.5) is 0 Å². The Kier molecular flexibility index (Phi) is 45.7. The first kappa shape index (κ1) is 58.4. The molecule has 2 atom stereocenters. The summed E-state index contributed by atoms with van der Waals surface area (Å²) in [4.78, 5) is 38.0. The summed E-state index contributed by atoms with van der Waals surface area (Å²) in [5, 5.41) is 0. The molecule has 356 valence electrons. The van der Waals surface area contributed by atoms with Crippen LogP contribution in [0.3, 0.4) is 0 Å². The number of unbranched alkanes of at least 4 members (excludes halogenated alkanes) is 32. The van der Waals surface area contributed by atoms with Gasteiger partial charge in [-0.05, 0) is 31.1 Å². The molecular formula is C54H104O6. The number of ether oxygens (including phenoxy) is 3. The van der Waals surface area contributed by atoms with Crippen LogP contribution < -0.4 is 0 Å². The molecule has 0 aliphatic carbocycles. The van der Waals surface area contributed by atoms with Crippen LogP contribution in [0.1, 0.15) is 298 Å². The molecule has 6 nitrogen and oxygen atoms in total. The summed E-state index contributed by atoms with van der Waals surface area (Å²) in [6, 6.07) is 0. The Morgan fingerprint density at radius 2 is 0.633 bits per heavy atom. The van der Waals surface area contributed by atoms with Crippen molar-refractivity contribution in [2.45, 2.75) is 304 Å². The molecule has 0 fully saturated rings.